The lowest BCUT2D eigenvalue weighted by Crippen LogP contribution is -2.64. The van der Waals surface area contributed by atoms with E-state index in [4.69, 9.17) is 27.8 Å². The first-order valence-electron chi connectivity index (χ1n) is 20.5. The van der Waals surface area contributed by atoms with Gasteiger partial charge in [-0.05, 0) is 72.3 Å². The third kappa shape index (κ3) is 6.92. The van der Waals surface area contributed by atoms with Gasteiger partial charge in [0.2, 0.25) is 0 Å². The number of carbonyl (C=O) groups is 8. The Balaban J connectivity index is 0.000000181. The van der Waals surface area contributed by atoms with E-state index < -0.39 is 105 Å². The SMILES string of the molecule is CC(=O)O[C@H]1C[C@@H](C(=O)O)[C@]2(C)CC[C@@H]3C(=O)O[C@H](c4ccoc4)C[C@]3(C)C2C1=O.CC(=O)O[C@H]1C[C@@H](C(=O)O)[C@]2(C)CC[C@H]3C(=O)O[C@H](c4ccoc4)C[C@]3(C)C2C1=O. The number of fused-ring (bicyclic) bond motifs is 6. The smallest absolute Gasteiger partial charge is 0.310 e. The molecule has 8 rings (SSSR count). The number of carboxylic acid groups (broad SMARTS) is 2. The number of rotatable bonds is 6. The molecule has 4 heterocycles. The van der Waals surface area contributed by atoms with Crippen molar-refractivity contribution in [3.05, 3.63) is 48.3 Å². The summed E-state index contributed by atoms with van der Waals surface area (Å²) in [6, 6.07) is 3.43. The van der Waals surface area contributed by atoms with Gasteiger partial charge < -0.3 is 38.0 Å². The summed E-state index contributed by atoms with van der Waals surface area (Å²) in [6.45, 7) is 9.81. The number of ether oxygens (including phenoxy) is 4. The lowest BCUT2D eigenvalue weighted by atomic mass is 9.43. The van der Waals surface area contributed by atoms with Gasteiger partial charge in [0.05, 0.1) is 48.7 Å². The number of furan rings is 2. The molecule has 4 aliphatic carbocycles. The third-order valence-electron chi connectivity index (χ3n) is 15.2. The molecule has 4 saturated carbocycles. The van der Waals surface area contributed by atoms with Crippen molar-refractivity contribution in [3.63, 3.8) is 0 Å². The molecule has 16 heteroatoms. The van der Waals surface area contributed by atoms with Gasteiger partial charge >= 0.3 is 35.8 Å². The van der Waals surface area contributed by atoms with Crippen molar-refractivity contribution >= 4 is 47.4 Å². The molecular formula is C44H52O16. The Labute approximate surface area is 346 Å². The highest BCUT2D eigenvalue weighted by Crippen LogP contribution is 2.66. The molecule has 2 saturated heterocycles. The quantitative estimate of drug-likeness (QED) is 0.257. The fourth-order valence-corrected chi connectivity index (χ4v) is 12.7. The van der Waals surface area contributed by atoms with Crippen LogP contribution in [0.15, 0.2) is 46.0 Å². The zero-order valence-electron chi connectivity index (χ0n) is 34.5. The first-order valence-corrected chi connectivity index (χ1v) is 20.5. The van der Waals surface area contributed by atoms with Crippen LogP contribution < -0.4 is 0 Å². The molecule has 60 heavy (non-hydrogen) atoms. The van der Waals surface area contributed by atoms with E-state index in [0.717, 1.165) is 0 Å². The number of cyclic esters (lactones) is 2. The van der Waals surface area contributed by atoms with Crippen LogP contribution in [-0.2, 0) is 57.3 Å². The minimum absolute atomic E-state index is 0.0445. The van der Waals surface area contributed by atoms with Gasteiger partial charge in [0, 0.05) is 49.7 Å². The Bertz CT molecular complexity index is 1920. The van der Waals surface area contributed by atoms with Crippen molar-refractivity contribution in [2.45, 2.75) is 117 Å². The number of carbonyl (C=O) groups excluding carboxylic acids is 6. The van der Waals surface area contributed by atoms with E-state index in [1.165, 1.54) is 38.9 Å². The predicted molar refractivity (Wildman–Crippen MR) is 202 cm³/mol. The van der Waals surface area contributed by atoms with Crippen molar-refractivity contribution in [3.8, 4) is 0 Å². The predicted octanol–water partition coefficient (Wildman–Crippen LogP) is 5.82. The van der Waals surface area contributed by atoms with Gasteiger partial charge in [0.25, 0.3) is 0 Å². The van der Waals surface area contributed by atoms with Crippen LogP contribution >= 0.6 is 0 Å². The first kappa shape index (κ1) is 42.8. The lowest BCUT2D eigenvalue weighted by Gasteiger charge is -2.60. The molecule has 6 aliphatic rings. The van der Waals surface area contributed by atoms with Gasteiger partial charge in [-0.15, -0.1) is 0 Å². The van der Waals surface area contributed by atoms with Gasteiger partial charge in [-0.3, -0.25) is 38.4 Å². The van der Waals surface area contributed by atoms with E-state index >= 15 is 0 Å². The summed E-state index contributed by atoms with van der Waals surface area (Å²) in [4.78, 5) is 101. The molecular weight excluding hydrogens is 784 g/mol. The molecule has 2 N–H and O–H groups in total. The molecule has 0 radical (unpaired) electrons. The zero-order chi connectivity index (χ0) is 43.7. The summed E-state index contributed by atoms with van der Waals surface area (Å²) in [5, 5.41) is 19.9. The second kappa shape index (κ2) is 15.3. The summed E-state index contributed by atoms with van der Waals surface area (Å²) in [6.07, 6.45) is 4.99. The van der Waals surface area contributed by atoms with Crippen LogP contribution in [0, 0.1) is 57.2 Å². The molecule has 16 nitrogen and oxygen atoms in total. The van der Waals surface area contributed by atoms with E-state index in [9.17, 15) is 48.6 Å². The normalized spacial score (nSPS) is 40.7. The highest BCUT2D eigenvalue weighted by Gasteiger charge is 2.69. The molecule has 2 aliphatic heterocycles. The first-order chi connectivity index (χ1) is 28.2. The molecule has 6 fully saturated rings. The minimum Gasteiger partial charge on any atom is -0.481 e. The maximum Gasteiger partial charge on any atom is 0.310 e. The van der Waals surface area contributed by atoms with Crippen LogP contribution in [0.1, 0.15) is 116 Å². The second-order valence-electron chi connectivity index (χ2n) is 18.7. The number of hydrogen-bond donors (Lipinski definition) is 2. The fraction of sp³-hybridized carbons (Fsp3) is 0.636. The molecule has 2 aromatic heterocycles. The molecule has 0 spiro atoms. The van der Waals surface area contributed by atoms with Gasteiger partial charge in [0.15, 0.2) is 23.8 Å². The van der Waals surface area contributed by atoms with Gasteiger partial charge in [-0.25, -0.2) is 0 Å². The van der Waals surface area contributed by atoms with Crippen molar-refractivity contribution in [2.75, 3.05) is 0 Å². The largest absolute Gasteiger partial charge is 0.481 e. The minimum atomic E-state index is -1.12. The summed E-state index contributed by atoms with van der Waals surface area (Å²) in [5.74, 6) is -8.88. The molecule has 0 amide bonds. The number of carboxylic acids is 2. The molecule has 0 bridgehead atoms. The second-order valence-corrected chi connectivity index (χ2v) is 18.7. The number of Topliss-reactive ketones (excluding diaryl/α,β-unsaturated/α-hetero) is 2. The van der Waals surface area contributed by atoms with Crippen LogP contribution in [0.25, 0.3) is 0 Å². The maximum absolute atomic E-state index is 13.6. The van der Waals surface area contributed by atoms with Gasteiger partial charge in [-0.2, -0.15) is 0 Å². The number of esters is 4. The van der Waals surface area contributed by atoms with E-state index in [1.807, 2.05) is 27.7 Å². The Morgan fingerprint density at radius 2 is 0.983 bits per heavy atom. The van der Waals surface area contributed by atoms with E-state index in [2.05, 4.69) is 0 Å². The highest BCUT2D eigenvalue weighted by atomic mass is 16.6. The van der Waals surface area contributed by atoms with E-state index in [-0.39, 0.29) is 36.3 Å². The van der Waals surface area contributed by atoms with E-state index in [0.29, 0.717) is 49.7 Å². The van der Waals surface area contributed by atoms with Crippen molar-refractivity contribution in [2.24, 2.45) is 57.2 Å². The average Bonchev–Trinajstić information content (AvgIpc) is 3.89. The van der Waals surface area contributed by atoms with Gasteiger partial charge in [-0.1, -0.05) is 27.7 Å². The molecule has 14 atom stereocenters. The van der Waals surface area contributed by atoms with Crippen LogP contribution in [0.3, 0.4) is 0 Å². The summed E-state index contributed by atoms with van der Waals surface area (Å²) >= 11 is 0. The average molecular weight is 837 g/mol. The maximum atomic E-state index is 13.6. The molecule has 0 aromatic carbocycles. The monoisotopic (exact) mass is 836 g/mol. The Kier molecular flexibility index (Phi) is 10.9. The van der Waals surface area contributed by atoms with E-state index in [1.54, 1.807) is 12.1 Å². The van der Waals surface area contributed by atoms with Gasteiger partial charge in [0.1, 0.15) is 12.2 Å². The highest BCUT2D eigenvalue weighted by molar-refractivity contribution is 5.94. The summed E-state index contributed by atoms with van der Waals surface area (Å²) in [5.41, 5.74) is -1.94. The molecule has 2 unspecified atom stereocenters. The molecule has 324 valence electrons. The lowest BCUT2D eigenvalue weighted by molar-refractivity contribution is -0.211. The van der Waals surface area contributed by atoms with Crippen LogP contribution in [-0.4, -0.2) is 69.8 Å². The van der Waals surface area contributed by atoms with Crippen molar-refractivity contribution < 1.29 is 76.4 Å². The zero-order valence-corrected chi connectivity index (χ0v) is 34.5. The Morgan fingerprint density at radius 3 is 1.28 bits per heavy atom. The summed E-state index contributed by atoms with van der Waals surface area (Å²) in [7, 11) is 0. The van der Waals surface area contributed by atoms with Crippen LogP contribution in [0.4, 0.5) is 0 Å². The Morgan fingerprint density at radius 1 is 0.617 bits per heavy atom. The number of ketones is 2. The van der Waals surface area contributed by atoms with Crippen LogP contribution in [0.5, 0.6) is 0 Å². The Hall–Kier alpha value is -5.28. The topological polar surface area (TPSA) is 240 Å². The summed E-state index contributed by atoms with van der Waals surface area (Å²) < 4.78 is 32.1. The number of hydrogen-bond acceptors (Lipinski definition) is 14. The van der Waals surface area contributed by atoms with Crippen molar-refractivity contribution in [1.82, 2.24) is 0 Å². The molecule has 2 aromatic rings. The van der Waals surface area contributed by atoms with Crippen molar-refractivity contribution in [1.29, 1.82) is 0 Å². The fourth-order valence-electron chi connectivity index (χ4n) is 12.7. The number of aliphatic carboxylic acids is 2. The third-order valence-corrected chi connectivity index (χ3v) is 15.2. The standard InChI is InChI=1S/2C22H26O8/c2*1-11(23)29-15-8-14(19(25)26)21(2)6-4-13-20(27)30-16(12-5-7-28-10-12)9-22(13,3)18(21)17(15)24/h2*5,7,10,13-16,18H,4,6,8-9H2,1-3H3,(H,25,26)/t13-,14+,15+,16+,18?,21+,22+;13-,14-,15-,16-,18?,21-,22-/m10/s1. The van der Waals surface area contributed by atoms with Crippen LogP contribution in [0.2, 0.25) is 0 Å².